The molecule has 4 rings (SSSR count). The maximum atomic E-state index is 13.1. The van der Waals surface area contributed by atoms with Crippen LogP contribution >= 0.6 is 11.3 Å². The van der Waals surface area contributed by atoms with Crippen molar-refractivity contribution < 1.29 is 14.3 Å². The molecule has 0 bridgehead atoms. The summed E-state index contributed by atoms with van der Waals surface area (Å²) in [7, 11) is 5.48. The Morgan fingerprint density at radius 1 is 0.971 bits per heavy atom. The number of nitrogens with one attached hydrogen (secondary N) is 1. The Kier molecular flexibility index (Phi) is 7.56. The molecule has 0 spiro atoms. The number of methoxy groups -OCH3 is 2. The van der Waals surface area contributed by atoms with Crippen molar-refractivity contribution in [1.82, 2.24) is 9.80 Å². The second kappa shape index (κ2) is 10.6. The quantitative estimate of drug-likeness (QED) is 0.519. The zero-order valence-electron chi connectivity index (χ0n) is 20.6. The van der Waals surface area contributed by atoms with Gasteiger partial charge in [0.05, 0.1) is 20.3 Å². The van der Waals surface area contributed by atoms with Crippen LogP contribution < -0.4 is 14.8 Å². The number of amides is 1. The number of carbonyl (C=O) groups is 1. The summed E-state index contributed by atoms with van der Waals surface area (Å²) in [4.78, 5) is 19.2. The molecule has 1 N–H and O–H groups in total. The highest BCUT2D eigenvalue weighted by atomic mass is 32.1. The summed E-state index contributed by atoms with van der Waals surface area (Å²) in [5, 5.41) is 4.13. The lowest BCUT2D eigenvalue weighted by Crippen LogP contribution is -2.46. The van der Waals surface area contributed by atoms with E-state index >= 15 is 0 Å². The van der Waals surface area contributed by atoms with Crippen LogP contribution in [0.3, 0.4) is 0 Å². The predicted molar refractivity (Wildman–Crippen MR) is 139 cm³/mol. The number of carbonyl (C=O) groups excluding carboxylic acids is 1. The molecule has 1 unspecified atom stereocenters. The zero-order valence-corrected chi connectivity index (χ0v) is 21.4. The van der Waals surface area contributed by atoms with Crippen molar-refractivity contribution in [2.45, 2.75) is 19.9 Å². The van der Waals surface area contributed by atoms with Crippen molar-refractivity contribution in [3.63, 3.8) is 0 Å². The van der Waals surface area contributed by atoms with Gasteiger partial charge in [0.15, 0.2) is 11.5 Å². The summed E-state index contributed by atoms with van der Waals surface area (Å²) in [5.74, 6) is 1.32. The number of aryl methyl sites for hydroxylation is 1. The van der Waals surface area contributed by atoms with Gasteiger partial charge in [-0.25, -0.2) is 0 Å². The molecule has 1 aliphatic rings. The third-order valence-corrected chi connectivity index (χ3v) is 7.73. The molecule has 1 saturated heterocycles. The first-order chi connectivity index (χ1) is 16.4. The summed E-state index contributed by atoms with van der Waals surface area (Å²) >= 11 is 1.64. The van der Waals surface area contributed by atoms with Gasteiger partial charge in [0.1, 0.15) is 5.00 Å². The number of ether oxygens (including phenoxy) is 2. The van der Waals surface area contributed by atoms with Gasteiger partial charge in [-0.05, 0) is 56.3 Å². The van der Waals surface area contributed by atoms with E-state index in [1.165, 1.54) is 10.4 Å². The van der Waals surface area contributed by atoms with Crippen molar-refractivity contribution >= 4 is 22.2 Å². The fraction of sp³-hybridized carbons (Fsp3) is 0.370. The normalized spacial score (nSPS) is 15.7. The number of hydrogen-bond donors (Lipinski definition) is 1. The molecule has 1 aromatic heterocycles. The van der Waals surface area contributed by atoms with Crippen molar-refractivity contribution in [2.75, 3.05) is 52.8 Å². The number of likely N-dealkylation sites (N-methyl/N-ethyl adjacent to an activating group) is 1. The van der Waals surface area contributed by atoms with Gasteiger partial charge in [0.25, 0.3) is 5.91 Å². The van der Waals surface area contributed by atoms with Crippen LogP contribution in [0.15, 0.2) is 48.5 Å². The van der Waals surface area contributed by atoms with Gasteiger partial charge < -0.3 is 19.7 Å². The number of thiophene rings is 1. The monoisotopic (exact) mass is 479 g/mol. The molecule has 1 fully saturated rings. The first-order valence-electron chi connectivity index (χ1n) is 11.5. The first kappa shape index (κ1) is 24.3. The highest BCUT2D eigenvalue weighted by Gasteiger charge is 2.31. The van der Waals surface area contributed by atoms with E-state index in [1.54, 1.807) is 25.6 Å². The maximum Gasteiger partial charge on any atom is 0.256 e. The molecule has 2 aromatic carbocycles. The summed E-state index contributed by atoms with van der Waals surface area (Å²) in [5.41, 5.74) is 4.15. The molecule has 1 aliphatic heterocycles. The minimum absolute atomic E-state index is 0.00969. The third kappa shape index (κ3) is 4.97. The van der Waals surface area contributed by atoms with E-state index in [2.05, 4.69) is 48.1 Å². The van der Waals surface area contributed by atoms with E-state index < -0.39 is 0 Å². The van der Waals surface area contributed by atoms with Gasteiger partial charge >= 0.3 is 0 Å². The third-order valence-electron chi connectivity index (χ3n) is 6.59. The van der Waals surface area contributed by atoms with E-state index in [0.717, 1.165) is 42.3 Å². The molecular weight excluding hydrogens is 446 g/mol. The van der Waals surface area contributed by atoms with Crippen LogP contribution in [0.2, 0.25) is 0 Å². The lowest BCUT2D eigenvalue weighted by Gasteiger charge is -2.39. The Balaban J connectivity index is 1.79. The molecule has 2 heterocycles. The number of anilines is 1. The molecule has 3 aromatic rings. The standard InChI is InChI=1S/C27H33N3O3S/c1-18-19(2)34-27(28-26(31)20-9-7-6-8-10-20)24(18)25(30-15-13-29(3)14-16-30)21-11-12-22(32-4)23(17-21)33-5/h6-12,17,25H,13-16H2,1-5H3,(H,28,31). The lowest BCUT2D eigenvalue weighted by molar-refractivity contribution is 0.102. The molecule has 0 aliphatic carbocycles. The summed E-state index contributed by atoms with van der Waals surface area (Å²) in [6.07, 6.45) is 0. The van der Waals surface area contributed by atoms with E-state index in [1.807, 2.05) is 36.4 Å². The van der Waals surface area contributed by atoms with Gasteiger partial charge in [-0.2, -0.15) is 0 Å². The Hall–Kier alpha value is -2.87. The number of rotatable bonds is 7. The van der Waals surface area contributed by atoms with Crippen molar-refractivity contribution in [2.24, 2.45) is 0 Å². The lowest BCUT2D eigenvalue weighted by atomic mass is 9.94. The second-order valence-corrected chi connectivity index (χ2v) is 9.93. The van der Waals surface area contributed by atoms with Gasteiger partial charge in [-0.3, -0.25) is 9.69 Å². The predicted octanol–water partition coefficient (Wildman–Crippen LogP) is 4.97. The first-order valence-corrected chi connectivity index (χ1v) is 12.4. The molecule has 180 valence electrons. The minimum Gasteiger partial charge on any atom is -0.493 e. The molecule has 1 atom stereocenters. The number of nitrogens with zero attached hydrogens (tertiary/aromatic N) is 2. The second-order valence-electron chi connectivity index (χ2n) is 8.70. The summed E-state index contributed by atoms with van der Waals surface area (Å²) < 4.78 is 11.1. The molecule has 7 heteroatoms. The van der Waals surface area contributed by atoms with Crippen molar-refractivity contribution in [1.29, 1.82) is 0 Å². The number of piperazine rings is 1. The van der Waals surface area contributed by atoms with E-state index in [9.17, 15) is 4.79 Å². The van der Waals surface area contributed by atoms with Crippen LogP contribution in [0.4, 0.5) is 5.00 Å². The fourth-order valence-corrected chi connectivity index (χ4v) is 5.58. The Morgan fingerprint density at radius 3 is 2.29 bits per heavy atom. The molecule has 0 radical (unpaired) electrons. The van der Waals surface area contributed by atoms with E-state index in [-0.39, 0.29) is 11.9 Å². The Labute approximate surface area is 206 Å². The van der Waals surface area contributed by atoms with Crippen LogP contribution in [-0.2, 0) is 0 Å². The van der Waals surface area contributed by atoms with E-state index in [4.69, 9.17) is 9.47 Å². The number of benzene rings is 2. The Morgan fingerprint density at radius 2 is 1.65 bits per heavy atom. The molecule has 34 heavy (non-hydrogen) atoms. The van der Waals surface area contributed by atoms with Gasteiger partial charge in [0.2, 0.25) is 0 Å². The van der Waals surface area contributed by atoms with Gasteiger partial charge in [-0.15, -0.1) is 11.3 Å². The zero-order chi connectivity index (χ0) is 24.2. The summed E-state index contributed by atoms with van der Waals surface area (Å²) in [6, 6.07) is 15.5. The summed E-state index contributed by atoms with van der Waals surface area (Å²) in [6.45, 7) is 8.15. The largest absolute Gasteiger partial charge is 0.493 e. The maximum absolute atomic E-state index is 13.1. The van der Waals surface area contributed by atoms with Crippen LogP contribution in [0, 0.1) is 13.8 Å². The van der Waals surface area contributed by atoms with Gasteiger partial charge in [-0.1, -0.05) is 24.3 Å². The topological polar surface area (TPSA) is 54.0 Å². The Bertz CT molecular complexity index is 1140. The average Bonchev–Trinajstić information content (AvgIpc) is 3.13. The molecule has 0 saturated carbocycles. The van der Waals surface area contributed by atoms with Crippen LogP contribution in [0.5, 0.6) is 11.5 Å². The van der Waals surface area contributed by atoms with Crippen LogP contribution in [-0.4, -0.2) is 63.2 Å². The molecule has 1 amide bonds. The smallest absolute Gasteiger partial charge is 0.256 e. The molecule has 6 nitrogen and oxygen atoms in total. The van der Waals surface area contributed by atoms with Crippen LogP contribution in [0.25, 0.3) is 0 Å². The average molecular weight is 480 g/mol. The van der Waals surface area contributed by atoms with Crippen molar-refractivity contribution in [3.05, 3.63) is 75.7 Å². The van der Waals surface area contributed by atoms with Gasteiger partial charge in [0, 0.05) is 42.2 Å². The number of hydrogen-bond acceptors (Lipinski definition) is 6. The van der Waals surface area contributed by atoms with Crippen molar-refractivity contribution in [3.8, 4) is 11.5 Å². The molecular formula is C27H33N3O3S. The van der Waals surface area contributed by atoms with Crippen LogP contribution in [0.1, 0.15) is 38.0 Å². The SMILES string of the molecule is COc1ccc(C(c2c(NC(=O)c3ccccc3)sc(C)c2C)N2CCN(C)CC2)cc1OC. The fourth-order valence-electron chi connectivity index (χ4n) is 4.49. The minimum atomic E-state index is -0.0902. The highest BCUT2D eigenvalue weighted by molar-refractivity contribution is 7.16. The van der Waals surface area contributed by atoms with E-state index in [0.29, 0.717) is 17.1 Å². The highest BCUT2D eigenvalue weighted by Crippen LogP contribution is 2.44.